The van der Waals surface area contributed by atoms with Crippen molar-refractivity contribution in [3.05, 3.63) is 57.7 Å². The van der Waals surface area contributed by atoms with E-state index in [9.17, 15) is 20.0 Å². The number of carboxylic acid groups (broad SMARTS) is 1. The molecule has 1 aromatic carbocycles. The smallest absolute Gasteiger partial charge is 0.321 e. The van der Waals surface area contributed by atoms with Crippen LogP contribution in [0, 0.1) is 10.1 Å². The van der Waals surface area contributed by atoms with Gasteiger partial charge in [0.1, 0.15) is 6.04 Å². The first-order chi connectivity index (χ1) is 10.1. The number of aliphatic carboxylic acids is 1. The van der Waals surface area contributed by atoms with Gasteiger partial charge in [-0.05, 0) is 5.56 Å². The molecule has 1 aliphatic heterocycles. The molecular weight excluding hydrogens is 276 g/mol. The van der Waals surface area contributed by atoms with Gasteiger partial charge in [-0.1, -0.05) is 12.1 Å². The molecule has 2 aromatic rings. The molecule has 0 bridgehead atoms. The molecule has 0 saturated carbocycles. The predicted octanol–water partition coefficient (Wildman–Crippen LogP) is 1.01. The summed E-state index contributed by atoms with van der Waals surface area (Å²) in [5.74, 6) is -0.942. The number of aromatic amines is 1. The number of nitrogens with zero attached hydrogens (tertiary/aromatic N) is 2. The summed E-state index contributed by atoms with van der Waals surface area (Å²) < 4.78 is 0. The summed E-state index contributed by atoms with van der Waals surface area (Å²) in [5, 5.41) is 22.9. The number of H-pyrrole nitrogens is 1. The van der Waals surface area contributed by atoms with Crippen molar-refractivity contribution >= 4 is 11.7 Å². The first-order valence-corrected chi connectivity index (χ1v) is 6.31. The lowest BCUT2D eigenvalue weighted by atomic mass is 9.94. The van der Waals surface area contributed by atoms with Crippen LogP contribution >= 0.6 is 0 Å². The van der Waals surface area contributed by atoms with E-state index in [2.05, 4.69) is 15.3 Å². The number of nitro groups is 1. The van der Waals surface area contributed by atoms with Crippen LogP contribution in [0.25, 0.3) is 0 Å². The standard InChI is InChI=1S/C13H12N4O4/c18-13(19)10-5-9-12(15-6-14-9)11(16-10)7-1-3-8(4-2-7)17(20)21/h1-4,6,10-11,16H,5H2,(H,14,15)(H,18,19)/t10-,11+/m1/s1. The predicted molar refractivity (Wildman–Crippen MR) is 71.8 cm³/mol. The van der Waals surface area contributed by atoms with Crippen LogP contribution in [0.3, 0.4) is 0 Å². The Hall–Kier alpha value is -2.74. The third kappa shape index (κ3) is 2.36. The van der Waals surface area contributed by atoms with Gasteiger partial charge in [0.15, 0.2) is 0 Å². The Bertz CT molecular complexity index is 694. The fourth-order valence-electron chi connectivity index (χ4n) is 2.49. The quantitative estimate of drug-likeness (QED) is 0.572. The molecule has 108 valence electrons. The normalized spacial score (nSPS) is 20.8. The molecule has 0 radical (unpaired) electrons. The van der Waals surface area contributed by atoms with Crippen LogP contribution in [0.1, 0.15) is 23.0 Å². The molecule has 8 heteroatoms. The maximum atomic E-state index is 11.2. The Labute approximate surface area is 119 Å². The van der Waals surface area contributed by atoms with Crippen LogP contribution in [0.4, 0.5) is 5.69 Å². The number of benzene rings is 1. The number of nitro benzene ring substituents is 1. The number of imidazole rings is 1. The highest BCUT2D eigenvalue weighted by atomic mass is 16.6. The summed E-state index contributed by atoms with van der Waals surface area (Å²) in [5.41, 5.74) is 2.22. The van der Waals surface area contributed by atoms with Gasteiger partial charge in [0.05, 0.1) is 23.0 Å². The van der Waals surface area contributed by atoms with Crippen molar-refractivity contribution in [2.24, 2.45) is 0 Å². The van der Waals surface area contributed by atoms with E-state index >= 15 is 0 Å². The Morgan fingerprint density at radius 2 is 2.10 bits per heavy atom. The van der Waals surface area contributed by atoms with E-state index in [-0.39, 0.29) is 5.69 Å². The van der Waals surface area contributed by atoms with E-state index in [4.69, 9.17) is 0 Å². The van der Waals surface area contributed by atoms with Crippen molar-refractivity contribution < 1.29 is 14.8 Å². The first kappa shape index (κ1) is 13.3. The van der Waals surface area contributed by atoms with E-state index in [1.807, 2.05) is 0 Å². The van der Waals surface area contributed by atoms with E-state index < -0.39 is 23.0 Å². The molecule has 1 aliphatic rings. The zero-order valence-corrected chi connectivity index (χ0v) is 10.8. The average Bonchev–Trinajstić information content (AvgIpc) is 2.94. The fraction of sp³-hybridized carbons (Fsp3) is 0.231. The summed E-state index contributed by atoms with van der Waals surface area (Å²) >= 11 is 0. The van der Waals surface area contributed by atoms with Crippen molar-refractivity contribution in [3.63, 3.8) is 0 Å². The van der Waals surface area contributed by atoms with Gasteiger partial charge in [0.2, 0.25) is 0 Å². The Kier molecular flexibility index (Phi) is 3.15. The lowest BCUT2D eigenvalue weighted by Crippen LogP contribution is -2.45. The lowest BCUT2D eigenvalue weighted by Gasteiger charge is -2.28. The number of carbonyl (C=O) groups is 1. The number of aromatic nitrogens is 2. The summed E-state index contributed by atoms with van der Waals surface area (Å²) in [6.07, 6.45) is 1.85. The van der Waals surface area contributed by atoms with Gasteiger partial charge in [0, 0.05) is 24.2 Å². The zero-order chi connectivity index (χ0) is 15.0. The van der Waals surface area contributed by atoms with Crippen molar-refractivity contribution in [1.29, 1.82) is 0 Å². The highest BCUT2D eigenvalue weighted by molar-refractivity contribution is 5.74. The van der Waals surface area contributed by atoms with Gasteiger partial charge in [0.25, 0.3) is 5.69 Å². The molecule has 3 N–H and O–H groups in total. The molecule has 1 aromatic heterocycles. The average molecular weight is 288 g/mol. The molecule has 0 spiro atoms. The molecule has 8 nitrogen and oxygen atoms in total. The van der Waals surface area contributed by atoms with E-state index in [1.54, 1.807) is 12.1 Å². The van der Waals surface area contributed by atoms with Crippen LogP contribution in [-0.4, -0.2) is 32.0 Å². The van der Waals surface area contributed by atoms with Crippen molar-refractivity contribution in [2.45, 2.75) is 18.5 Å². The van der Waals surface area contributed by atoms with Crippen LogP contribution < -0.4 is 5.32 Å². The van der Waals surface area contributed by atoms with Crippen LogP contribution in [0.5, 0.6) is 0 Å². The minimum Gasteiger partial charge on any atom is -0.480 e. The van der Waals surface area contributed by atoms with Gasteiger partial charge < -0.3 is 10.1 Å². The number of non-ortho nitro benzene ring substituents is 1. The SMILES string of the molecule is O=C(O)[C@H]1Cc2[nH]cnc2[C@H](c2ccc([N+](=O)[O-])cc2)N1. The second kappa shape index (κ2) is 4.98. The van der Waals surface area contributed by atoms with E-state index in [0.29, 0.717) is 6.42 Å². The van der Waals surface area contributed by atoms with E-state index in [0.717, 1.165) is 17.0 Å². The molecule has 3 rings (SSSR count). The minimum atomic E-state index is -0.942. The Morgan fingerprint density at radius 3 is 2.71 bits per heavy atom. The van der Waals surface area contributed by atoms with Crippen molar-refractivity contribution in [3.8, 4) is 0 Å². The maximum Gasteiger partial charge on any atom is 0.321 e. The van der Waals surface area contributed by atoms with Crippen LogP contribution in [-0.2, 0) is 11.2 Å². The topological polar surface area (TPSA) is 121 Å². The largest absolute Gasteiger partial charge is 0.480 e. The molecule has 2 atom stereocenters. The highest BCUT2D eigenvalue weighted by Gasteiger charge is 2.33. The van der Waals surface area contributed by atoms with E-state index in [1.165, 1.54) is 18.5 Å². The van der Waals surface area contributed by atoms with Crippen LogP contribution in [0.2, 0.25) is 0 Å². The summed E-state index contributed by atoms with van der Waals surface area (Å²) in [4.78, 5) is 28.6. The summed E-state index contributed by atoms with van der Waals surface area (Å²) in [6.45, 7) is 0. The molecule has 0 unspecified atom stereocenters. The van der Waals surface area contributed by atoms with Gasteiger partial charge in [-0.3, -0.25) is 20.2 Å². The monoisotopic (exact) mass is 288 g/mol. The molecule has 21 heavy (non-hydrogen) atoms. The molecule has 2 heterocycles. The molecule has 0 aliphatic carbocycles. The number of hydrogen-bond donors (Lipinski definition) is 3. The number of fused-ring (bicyclic) bond motifs is 1. The van der Waals surface area contributed by atoms with Crippen molar-refractivity contribution in [1.82, 2.24) is 15.3 Å². The van der Waals surface area contributed by atoms with Crippen LogP contribution in [0.15, 0.2) is 30.6 Å². The van der Waals surface area contributed by atoms with Gasteiger partial charge in [-0.25, -0.2) is 4.98 Å². The van der Waals surface area contributed by atoms with Gasteiger partial charge in [-0.15, -0.1) is 0 Å². The summed E-state index contributed by atoms with van der Waals surface area (Å²) in [7, 11) is 0. The minimum absolute atomic E-state index is 0.00778. The zero-order valence-electron chi connectivity index (χ0n) is 10.8. The van der Waals surface area contributed by atoms with Gasteiger partial charge >= 0.3 is 5.97 Å². The lowest BCUT2D eigenvalue weighted by molar-refractivity contribution is -0.384. The number of rotatable bonds is 3. The third-order valence-electron chi connectivity index (χ3n) is 3.54. The molecular formula is C13H12N4O4. The molecule has 0 amide bonds. The number of nitrogens with one attached hydrogen (secondary N) is 2. The second-order valence-corrected chi connectivity index (χ2v) is 4.81. The third-order valence-corrected chi connectivity index (χ3v) is 3.54. The molecule has 0 saturated heterocycles. The van der Waals surface area contributed by atoms with Gasteiger partial charge in [-0.2, -0.15) is 0 Å². The molecule has 0 fully saturated rings. The Balaban J connectivity index is 1.97. The Morgan fingerprint density at radius 1 is 1.38 bits per heavy atom. The fourth-order valence-corrected chi connectivity index (χ4v) is 2.49. The number of carboxylic acids is 1. The highest BCUT2D eigenvalue weighted by Crippen LogP contribution is 2.29. The second-order valence-electron chi connectivity index (χ2n) is 4.81. The summed E-state index contributed by atoms with van der Waals surface area (Å²) in [6, 6.07) is 4.89. The maximum absolute atomic E-state index is 11.2. The first-order valence-electron chi connectivity index (χ1n) is 6.31. The van der Waals surface area contributed by atoms with Crippen molar-refractivity contribution in [2.75, 3.05) is 0 Å². The number of hydrogen-bond acceptors (Lipinski definition) is 5.